The van der Waals surface area contributed by atoms with Gasteiger partial charge in [-0.3, -0.25) is 4.79 Å². The van der Waals surface area contributed by atoms with E-state index in [-0.39, 0.29) is 23.1 Å². The zero-order valence-corrected chi connectivity index (χ0v) is 10.5. The Kier molecular flexibility index (Phi) is 2.95. The van der Waals surface area contributed by atoms with Crippen molar-refractivity contribution in [3.63, 3.8) is 0 Å². The van der Waals surface area contributed by atoms with Crippen LogP contribution in [0.25, 0.3) is 0 Å². The number of fused-ring (bicyclic) bond motifs is 1. The molecule has 1 unspecified atom stereocenters. The van der Waals surface area contributed by atoms with E-state index >= 15 is 0 Å². The van der Waals surface area contributed by atoms with Crippen LogP contribution >= 0.6 is 0 Å². The molecule has 0 aromatic heterocycles. The van der Waals surface area contributed by atoms with Crippen molar-refractivity contribution in [1.82, 2.24) is 5.32 Å². The molecule has 1 amide bonds. The Labute approximate surface area is 115 Å². The molecule has 20 heavy (non-hydrogen) atoms. The Balaban J connectivity index is 1.85. The van der Waals surface area contributed by atoms with Gasteiger partial charge in [0.15, 0.2) is 0 Å². The third kappa shape index (κ3) is 2.03. The molecule has 0 saturated heterocycles. The van der Waals surface area contributed by atoms with Crippen molar-refractivity contribution in [3.05, 3.63) is 53.6 Å². The van der Waals surface area contributed by atoms with Crippen molar-refractivity contribution in [3.8, 4) is 17.2 Å². The molecule has 0 spiro atoms. The van der Waals surface area contributed by atoms with Gasteiger partial charge in [-0.05, 0) is 18.2 Å². The summed E-state index contributed by atoms with van der Waals surface area (Å²) in [5.74, 6) is -0.311. The molecule has 0 radical (unpaired) electrons. The fourth-order valence-electron chi connectivity index (χ4n) is 2.27. The number of benzene rings is 2. The van der Waals surface area contributed by atoms with E-state index in [4.69, 9.17) is 4.74 Å². The maximum Gasteiger partial charge on any atom is 0.259 e. The number of para-hydroxylation sites is 1. The van der Waals surface area contributed by atoms with E-state index in [1.807, 2.05) is 24.3 Å². The third-order valence-electron chi connectivity index (χ3n) is 3.25. The van der Waals surface area contributed by atoms with Crippen molar-refractivity contribution >= 4 is 5.91 Å². The summed E-state index contributed by atoms with van der Waals surface area (Å²) in [4.78, 5) is 12.2. The smallest absolute Gasteiger partial charge is 0.259 e. The van der Waals surface area contributed by atoms with Crippen LogP contribution in [-0.2, 0) is 0 Å². The number of rotatable bonds is 2. The number of phenolic OH excluding ortho intramolecular Hbond substituents is 2. The summed E-state index contributed by atoms with van der Waals surface area (Å²) >= 11 is 0. The normalized spacial score (nSPS) is 16.3. The highest BCUT2D eigenvalue weighted by atomic mass is 16.5. The van der Waals surface area contributed by atoms with Crippen molar-refractivity contribution in [2.75, 3.05) is 6.61 Å². The number of carbonyl (C=O) groups excluding carboxylic acids is 1. The molecule has 2 aromatic rings. The van der Waals surface area contributed by atoms with Crippen molar-refractivity contribution in [1.29, 1.82) is 0 Å². The minimum absolute atomic E-state index is 0.128. The summed E-state index contributed by atoms with van der Waals surface area (Å²) in [5.41, 5.74) is 0.757. The molecule has 2 aromatic carbocycles. The van der Waals surface area contributed by atoms with Crippen LogP contribution in [0.5, 0.6) is 17.2 Å². The number of nitrogens with one attached hydrogen (secondary N) is 1. The molecule has 3 N–H and O–H groups in total. The van der Waals surface area contributed by atoms with Crippen LogP contribution in [0.1, 0.15) is 22.0 Å². The molecule has 0 aliphatic carbocycles. The molecule has 102 valence electrons. The Morgan fingerprint density at radius 1 is 1.10 bits per heavy atom. The largest absolute Gasteiger partial charge is 0.507 e. The Morgan fingerprint density at radius 3 is 2.55 bits per heavy atom. The highest BCUT2D eigenvalue weighted by Crippen LogP contribution is 2.33. The van der Waals surface area contributed by atoms with Gasteiger partial charge in [0, 0.05) is 5.56 Å². The second kappa shape index (κ2) is 4.77. The number of hydrogen-bond acceptors (Lipinski definition) is 4. The topological polar surface area (TPSA) is 78.8 Å². The third-order valence-corrected chi connectivity index (χ3v) is 3.25. The quantitative estimate of drug-likeness (QED) is 0.780. The molecule has 0 bridgehead atoms. The highest BCUT2D eigenvalue weighted by Gasteiger charge is 2.27. The fraction of sp³-hybridized carbons (Fsp3) is 0.133. The number of aromatic hydroxyl groups is 2. The summed E-state index contributed by atoms with van der Waals surface area (Å²) < 4.78 is 5.47. The molecule has 1 heterocycles. The van der Waals surface area contributed by atoms with Gasteiger partial charge in [-0.15, -0.1) is 0 Å². The van der Waals surface area contributed by atoms with E-state index in [1.54, 1.807) is 0 Å². The van der Waals surface area contributed by atoms with E-state index < -0.39 is 5.91 Å². The average molecular weight is 271 g/mol. The summed E-state index contributed by atoms with van der Waals surface area (Å²) in [7, 11) is 0. The van der Waals surface area contributed by atoms with Crippen LogP contribution in [0.3, 0.4) is 0 Å². The minimum atomic E-state index is -0.536. The van der Waals surface area contributed by atoms with Crippen molar-refractivity contribution in [2.45, 2.75) is 6.04 Å². The zero-order valence-electron chi connectivity index (χ0n) is 10.5. The predicted octanol–water partition coefficient (Wildman–Crippen LogP) is 1.96. The van der Waals surface area contributed by atoms with Gasteiger partial charge in [-0.2, -0.15) is 0 Å². The van der Waals surface area contributed by atoms with E-state index in [9.17, 15) is 15.0 Å². The highest BCUT2D eigenvalue weighted by molar-refractivity contribution is 5.99. The minimum Gasteiger partial charge on any atom is -0.507 e. The first-order chi connectivity index (χ1) is 9.66. The maximum atomic E-state index is 12.2. The first-order valence-electron chi connectivity index (χ1n) is 6.20. The SMILES string of the molecule is O=C(NC1COc2ccccc21)c1c(O)cccc1O. The first-order valence-corrected chi connectivity index (χ1v) is 6.20. The van der Waals surface area contributed by atoms with Gasteiger partial charge in [-0.25, -0.2) is 0 Å². The lowest BCUT2D eigenvalue weighted by atomic mass is 10.1. The number of hydrogen-bond donors (Lipinski definition) is 3. The predicted molar refractivity (Wildman–Crippen MR) is 71.9 cm³/mol. The Bertz CT molecular complexity index is 648. The maximum absolute atomic E-state index is 12.2. The second-order valence-electron chi connectivity index (χ2n) is 4.55. The summed E-state index contributed by atoms with van der Waals surface area (Å²) in [6.45, 7) is 0.333. The molecule has 3 rings (SSSR count). The lowest BCUT2D eigenvalue weighted by molar-refractivity contribution is 0.0925. The zero-order chi connectivity index (χ0) is 14.1. The van der Waals surface area contributed by atoms with Gasteiger partial charge in [0.2, 0.25) is 0 Å². The van der Waals surface area contributed by atoms with Crippen LogP contribution in [0.15, 0.2) is 42.5 Å². The lowest BCUT2D eigenvalue weighted by Gasteiger charge is -2.13. The van der Waals surface area contributed by atoms with Gasteiger partial charge < -0.3 is 20.3 Å². The van der Waals surface area contributed by atoms with E-state index in [0.717, 1.165) is 11.3 Å². The fourth-order valence-corrected chi connectivity index (χ4v) is 2.27. The number of amides is 1. The van der Waals surface area contributed by atoms with E-state index in [2.05, 4.69) is 5.32 Å². The van der Waals surface area contributed by atoms with Crippen molar-refractivity contribution in [2.24, 2.45) is 0 Å². The van der Waals surface area contributed by atoms with Crippen LogP contribution in [0.4, 0.5) is 0 Å². The molecule has 0 saturated carbocycles. The molecule has 1 aliphatic heterocycles. The van der Waals surface area contributed by atoms with E-state index in [1.165, 1.54) is 18.2 Å². The second-order valence-corrected chi connectivity index (χ2v) is 4.55. The molecule has 5 heteroatoms. The molecule has 1 aliphatic rings. The summed E-state index contributed by atoms with van der Waals surface area (Å²) in [5, 5.41) is 22.1. The number of ether oxygens (including phenoxy) is 1. The van der Waals surface area contributed by atoms with Gasteiger partial charge in [-0.1, -0.05) is 24.3 Å². The standard InChI is InChI=1S/C15H13NO4/c17-11-5-3-6-12(18)14(11)15(19)16-10-8-20-13-7-2-1-4-9(10)13/h1-7,10,17-18H,8H2,(H,16,19). The van der Waals surface area contributed by atoms with Crippen LogP contribution in [0.2, 0.25) is 0 Å². The average Bonchev–Trinajstić information content (AvgIpc) is 2.82. The molecule has 0 fully saturated rings. The van der Waals surface area contributed by atoms with Gasteiger partial charge in [0.1, 0.15) is 29.4 Å². The summed E-state index contributed by atoms with van der Waals surface area (Å²) in [6.07, 6.45) is 0. The molecule has 5 nitrogen and oxygen atoms in total. The lowest BCUT2D eigenvalue weighted by Crippen LogP contribution is -2.29. The monoisotopic (exact) mass is 271 g/mol. The molecular weight excluding hydrogens is 258 g/mol. The first kappa shape index (κ1) is 12.3. The van der Waals surface area contributed by atoms with Gasteiger partial charge in [0.05, 0.1) is 6.04 Å². The van der Waals surface area contributed by atoms with Crippen LogP contribution in [0, 0.1) is 0 Å². The number of phenols is 2. The molecular formula is C15H13NO4. The molecule has 1 atom stereocenters. The van der Waals surface area contributed by atoms with Crippen LogP contribution in [-0.4, -0.2) is 22.7 Å². The Hall–Kier alpha value is -2.69. The number of carbonyl (C=O) groups is 1. The Morgan fingerprint density at radius 2 is 1.80 bits per heavy atom. The van der Waals surface area contributed by atoms with Crippen LogP contribution < -0.4 is 10.1 Å². The summed E-state index contributed by atoms with van der Waals surface area (Å²) in [6, 6.07) is 11.3. The van der Waals surface area contributed by atoms with Gasteiger partial charge >= 0.3 is 0 Å². The van der Waals surface area contributed by atoms with Crippen molar-refractivity contribution < 1.29 is 19.7 Å². The van der Waals surface area contributed by atoms with E-state index in [0.29, 0.717) is 6.61 Å². The van der Waals surface area contributed by atoms with Gasteiger partial charge in [0.25, 0.3) is 5.91 Å².